The summed E-state index contributed by atoms with van der Waals surface area (Å²) in [6.07, 6.45) is 3.66. The summed E-state index contributed by atoms with van der Waals surface area (Å²) in [7, 11) is 1.95. The van der Waals surface area contributed by atoms with Gasteiger partial charge >= 0.3 is 0 Å². The van der Waals surface area contributed by atoms with E-state index in [0.717, 1.165) is 17.2 Å². The number of fused-ring (bicyclic) bond motifs is 1. The number of para-hydroxylation sites is 1. The first-order valence-electron chi connectivity index (χ1n) is 6.15. The minimum atomic E-state index is 0.296. The van der Waals surface area contributed by atoms with E-state index in [0.29, 0.717) is 23.5 Å². The lowest BCUT2D eigenvalue weighted by Gasteiger charge is -2.07. The van der Waals surface area contributed by atoms with Crippen LogP contribution >= 0.6 is 11.6 Å². The van der Waals surface area contributed by atoms with E-state index >= 15 is 0 Å². The SMILES string of the molecule is Cn1ccnc1Cn1c(CCl)nc2c(C#N)cccc21. The van der Waals surface area contributed by atoms with Gasteiger partial charge in [-0.3, -0.25) is 0 Å². The molecule has 0 atom stereocenters. The van der Waals surface area contributed by atoms with Crippen molar-refractivity contribution in [3.8, 4) is 6.07 Å². The number of hydrogen-bond acceptors (Lipinski definition) is 3. The first kappa shape index (κ1) is 12.7. The summed E-state index contributed by atoms with van der Waals surface area (Å²) in [4.78, 5) is 8.81. The molecule has 3 aromatic rings. The average molecular weight is 286 g/mol. The molecule has 0 amide bonds. The maximum Gasteiger partial charge on any atom is 0.128 e. The highest BCUT2D eigenvalue weighted by Crippen LogP contribution is 2.21. The van der Waals surface area contributed by atoms with E-state index in [1.807, 2.05) is 34.5 Å². The predicted molar refractivity (Wildman–Crippen MR) is 76.3 cm³/mol. The number of rotatable bonds is 3. The van der Waals surface area contributed by atoms with E-state index in [1.165, 1.54) is 0 Å². The fourth-order valence-corrected chi connectivity index (χ4v) is 2.46. The smallest absolute Gasteiger partial charge is 0.128 e. The maximum absolute atomic E-state index is 9.16. The van der Waals surface area contributed by atoms with Gasteiger partial charge in [0.2, 0.25) is 0 Å². The second-order valence-corrected chi connectivity index (χ2v) is 4.75. The summed E-state index contributed by atoms with van der Waals surface area (Å²) in [5.74, 6) is 1.95. The molecule has 5 nitrogen and oxygen atoms in total. The van der Waals surface area contributed by atoms with E-state index in [1.54, 1.807) is 12.3 Å². The van der Waals surface area contributed by atoms with E-state index < -0.39 is 0 Å². The molecule has 0 aliphatic heterocycles. The van der Waals surface area contributed by atoms with Gasteiger partial charge < -0.3 is 9.13 Å². The van der Waals surface area contributed by atoms with Crippen molar-refractivity contribution in [2.24, 2.45) is 7.05 Å². The van der Waals surface area contributed by atoms with Crippen molar-refractivity contribution < 1.29 is 0 Å². The third-order valence-electron chi connectivity index (χ3n) is 3.32. The highest BCUT2D eigenvalue weighted by molar-refractivity contribution is 6.16. The second kappa shape index (κ2) is 4.99. The third-order valence-corrected chi connectivity index (χ3v) is 3.56. The van der Waals surface area contributed by atoms with Crippen LogP contribution in [0.4, 0.5) is 0 Å². The lowest BCUT2D eigenvalue weighted by molar-refractivity contribution is 0.693. The van der Waals surface area contributed by atoms with Crippen molar-refractivity contribution in [2.75, 3.05) is 0 Å². The van der Waals surface area contributed by atoms with Gasteiger partial charge in [0.25, 0.3) is 0 Å². The van der Waals surface area contributed by atoms with Gasteiger partial charge in [-0.05, 0) is 12.1 Å². The van der Waals surface area contributed by atoms with Crippen LogP contribution in [0, 0.1) is 11.3 Å². The van der Waals surface area contributed by atoms with Gasteiger partial charge in [-0.2, -0.15) is 5.26 Å². The summed E-state index contributed by atoms with van der Waals surface area (Å²) in [5, 5.41) is 9.16. The average Bonchev–Trinajstić information content (AvgIpc) is 3.03. The Labute approximate surface area is 121 Å². The predicted octanol–water partition coefficient (Wildman–Crippen LogP) is 2.43. The number of hydrogen-bond donors (Lipinski definition) is 0. The summed E-state index contributed by atoms with van der Waals surface area (Å²) in [6.45, 7) is 0.580. The number of nitrogens with zero attached hydrogens (tertiary/aromatic N) is 5. The molecule has 0 N–H and O–H groups in total. The fraction of sp³-hybridized carbons (Fsp3) is 0.214. The number of aryl methyl sites for hydroxylation is 1. The van der Waals surface area contributed by atoms with Crippen molar-refractivity contribution >= 4 is 22.6 Å². The Morgan fingerprint density at radius 3 is 2.85 bits per heavy atom. The molecule has 2 aromatic heterocycles. The Morgan fingerprint density at radius 2 is 2.20 bits per heavy atom. The normalized spacial score (nSPS) is 10.8. The Balaban J connectivity index is 2.19. The molecule has 100 valence electrons. The van der Waals surface area contributed by atoms with Crippen molar-refractivity contribution in [1.82, 2.24) is 19.1 Å². The minimum Gasteiger partial charge on any atom is -0.337 e. The molecule has 2 heterocycles. The quantitative estimate of drug-likeness (QED) is 0.695. The van der Waals surface area contributed by atoms with Gasteiger partial charge in [-0.25, -0.2) is 9.97 Å². The molecule has 0 saturated carbocycles. The molecule has 3 rings (SSSR count). The van der Waals surface area contributed by atoms with Gasteiger partial charge in [-0.15, -0.1) is 11.6 Å². The van der Waals surface area contributed by atoms with Gasteiger partial charge in [0, 0.05) is 19.4 Å². The van der Waals surface area contributed by atoms with Gasteiger partial charge in [0.05, 0.1) is 23.5 Å². The van der Waals surface area contributed by atoms with Gasteiger partial charge in [0.1, 0.15) is 23.2 Å². The van der Waals surface area contributed by atoms with Crippen LogP contribution < -0.4 is 0 Å². The van der Waals surface area contributed by atoms with Crippen molar-refractivity contribution in [2.45, 2.75) is 12.4 Å². The number of imidazole rings is 2. The molecule has 1 aromatic carbocycles. The van der Waals surface area contributed by atoms with Crippen LogP contribution in [-0.4, -0.2) is 19.1 Å². The van der Waals surface area contributed by atoms with Crippen molar-refractivity contribution in [3.05, 3.63) is 47.8 Å². The minimum absolute atomic E-state index is 0.296. The summed E-state index contributed by atoms with van der Waals surface area (Å²) >= 11 is 5.99. The molecule has 0 saturated heterocycles. The Hall–Kier alpha value is -2.32. The zero-order valence-corrected chi connectivity index (χ0v) is 11.7. The molecule has 6 heteroatoms. The highest BCUT2D eigenvalue weighted by Gasteiger charge is 2.14. The number of halogens is 1. The van der Waals surface area contributed by atoms with E-state index in [-0.39, 0.29) is 0 Å². The Morgan fingerprint density at radius 1 is 1.35 bits per heavy atom. The molecule has 0 spiro atoms. The van der Waals surface area contributed by atoms with Crippen LogP contribution in [0.1, 0.15) is 17.2 Å². The lowest BCUT2D eigenvalue weighted by Crippen LogP contribution is -2.08. The standard InChI is InChI=1S/C14H12ClN5/c1-19-6-5-17-13(19)9-20-11-4-2-3-10(8-16)14(11)18-12(20)7-15/h2-6H,7,9H2,1H3. The molecule has 0 radical (unpaired) electrons. The van der Waals surface area contributed by atoms with E-state index in [9.17, 15) is 0 Å². The van der Waals surface area contributed by atoms with Crippen LogP contribution in [0.3, 0.4) is 0 Å². The first-order valence-corrected chi connectivity index (χ1v) is 6.68. The summed E-state index contributed by atoms with van der Waals surface area (Å²) in [6, 6.07) is 7.73. The molecule has 0 fully saturated rings. The number of benzene rings is 1. The van der Waals surface area contributed by atoms with Crippen LogP contribution in [-0.2, 0) is 19.5 Å². The van der Waals surface area contributed by atoms with Crippen molar-refractivity contribution in [1.29, 1.82) is 5.26 Å². The Kier molecular flexibility index (Phi) is 3.17. The zero-order chi connectivity index (χ0) is 14.1. The van der Waals surface area contributed by atoms with Crippen LogP contribution in [0.15, 0.2) is 30.6 Å². The lowest BCUT2D eigenvalue weighted by atomic mass is 10.2. The molecular weight excluding hydrogens is 274 g/mol. The third kappa shape index (κ3) is 1.95. The fourth-order valence-electron chi connectivity index (χ4n) is 2.25. The molecule has 20 heavy (non-hydrogen) atoms. The van der Waals surface area contributed by atoms with Crippen LogP contribution in [0.2, 0.25) is 0 Å². The number of aromatic nitrogens is 4. The monoisotopic (exact) mass is 285 g/mol. The number of nitriles is 1. The largest absolute Gasteiger partial charge is 0.337 e. The van der Waals surface area contributed by atoms with Crippen molar-refractivity contribution in [3.63, 3.8) is 0 Å². The van der Waals surface area contributed by atoms with E-state index in [2.05, 4.69) is 16.0 Å². The van der Waals surface area contributed by atoms with Gasteiger partial charge in [0.15, 0.2) is 0 Å². The molecule has 0 bridgehead atoms. The van der Waals surface area contributed by atoms with Crippen LogP contribution in [0.25, 0.3) is 11.0 Å². The zero-order valence-electron chi connectivity index (χ0n) is 10.9. The molecule has 0 unspecified atom stereocenters. The van der Waals surface area contributed by atoms with Crippen LogP contribution in [0.5, 0.6) is 0 Å². The second-order valence-electron chi connectivity index (χ2n) is 4.49. The molecule has 0 aliphatic carbocycles. The van der Waals surface area contributed by atoms with E-state index in [4.69, 9.17) is 16.9 Å². The Bertz CT molecular complexity index is 809. The first-order chi connectivity index (χ1) is 9.74. The molecular formula is C14H12ClN5. The number of alkyl halides is 1. The topological polar surface area (TPSA) is 59.4 Å². The molecule has 0 aliphatic rings. The summed E-state index contributed by atoms with van der Waals surface area (Å²) < 4.78 is 3.96. The summed E-state index contributed by atoms with van der Waals surface area (Å²) in [5.41, 5.74) is 2.16. The van der Waals surface area contributed by atoms with Gasteiger partial charge in [-0.1, -0.05) is 6.07 Å². The highest BCUT2D eigenvalue weighted by atomic mass is 35.5. The maximum atomic E-state index is 9.16.